The Balaban J connectivity index is 1.05. The molecule has 7 aromatic rings. The molecule has 0 unspecified atom stereocenters. The largest absolute Gasteiger partial charge is 0.457 e. The minimum absolute atomic E-state index is 0.367. The summed E-state index contributed by atoms with van der Waals surface area (Å²) in [5, 5.41) is 16.9. The van der Waals surface area contributed by atoms with Gasteiger partial charge in [0, 0.05) is 11.1 Å². The highest BCUT2D eigenvalue weighted by Gasteiger charge is 2.50. The Labute approximate surface area is 291 Å². The van der Waals surface area contributed by atoms with Crippen molar-refractivity contribution >= 4 is 11.4 Å². The molecule has 50 heavy (non-hydrogen) atoms. The molecule has 3 heteroatoms. The van der Waals surface area contributed by atoms with Gasteiger partial charge in [-0.1, -0.05) is 152 Å². The molecule has 0 bridgehead atoms. The van der Waals surface area contributed by atoms with E-state index in [1.807, 2.05) is 42.5 Å². The number of benzene rings is 7. The van der Waals surface area contributed by atoms with Crippen molar-refractivity contribution in [3.8, 4) is 44.9 Å². The molecule has 3 nitrogen and oxygen atoms in total. The van der Waals surface area contributed by atoms with Crippen molar-refractivity contribution in [3.63, 3.8) is 0 Å². The first-order chi connectivity index (χ1) is 24.6. The summed E-state index contributed by atoms with van der Waals surface area (Å²) in [7, 11) is 0. The minimum atomic E-state index is -0.468. The molecule has 0 fully saturated rings. The fraction of sp³-hybridized carbons (Fsp3) is 0.0213. The maximum atomic E-state index is 8.57. The maximum absolute atomic E-state index is 8.57. The van der Waals surface area contributed by atoms with Crippen molar-refractivity contribution in [2.45, 2.75) is 5.41 Å². The zero-order valence-corrected chi connectivity index (χ0v) is 27.2. The van der Waals surface area contributed by atoms with E-state index in [9.17, 15) is 0 Å². The maximum Gasteiger partial charge on any atom is 0.132 e. The molecule has 0 saturated heterocycles. The first-order valence-corrected chi connectivity index (χ1v) is 16.8. The number of ether oxygens (including phenoxy) is 1. The lowest BCUT2D eigenvalue weighted by Gasteiger charge is -2.39. The van der Waals surface area contributed by atoms with E-state index in [4.69, 9.17) is 15.6 Å². The van der Waals surface area contributed by atoms with Crippen LogP contribution in [0.4, 0.5) is 0 Å². The van der Waals surface area contributed by atoms with Crippen molar-refractivity contribution in [3.05, 3.63) is 215 Å². The van der Waals surface area contributed by atoms with Crippen LogP contribution < -0.4 is 4.74 Å². The van der Waals surface area contributed by atoms with Crippen LogP contribution >= 0.6 is 0 Å². The molecule has 7 aromatic carbocycles. The summed E-state index contributed by atoms with van der Waals surface area (Å²) in [5.41, 5.74) is 13.7. The van der Waals surface area contributed by atoms with E-state index in [-0.39, 0.29) is 0 Å². The van der Waals surface area contributed by atoms with E-state index in [1.165, 1.54) is 27.8 Å². The van der Waals surface area contributed by atoms with Crippen LogP contribution in [0.15, 0.2) is 182 Å². The van der Waals surface area contributed by atoms with E-state index in [1.54, 1.807) is 12.2 Å². The van der Waals surface area contributed by atoms with E-state index in [2.05, 4.69) is 127 Å². The molecule has 0 amide bonds. The molecule has 2 aliphatic rings. The average molecular weight is 641 g/mol. The van der Waals surface area contributed by atoms with Crippen LogP contribution in [-0.4, -0.2) is 11.4 Å². The fourth-order valence-electron chi connectivity index (χ4n) is 7.74. The smallest absolute Gasteiger partial charge is 0.132 e. The van der Waals surface area contributed by atoms with Gasteiger partial charge in [0.25, 0.3) is 0 Å². The predicted molar refractivity (Wildman–Crippen MR) is 204 cm³/mol. The molecule has 1 aliphatic carbocycles. The second-order valence-electron chi connectivity index (χ2n) is 12.8. The van der Waals surface area contributed by atoms with Crippen molar-refractivity contribution in [1.29, 1.82) is 10.8 Å². The molecule has 0 saturated carbocycles. The van der Waals surface area contributed by atoms with E-state index in [0.717, 1.165) is 50.4 Å². The van der Waals surface area contributed by atoms with Crippen molar-refractivity contribution in [2.24, 2.45) is 0 Å². The SMILES string of the molecule is N=C(/C=C\C(=N)c1ccc(-c2cccc(-c3ccc4c(c3)Oc3ccccc3C43c4ccccc4-c4ccccc43)c2)cc1)c1ccccc1. The monoisotopic (exact) mass is 640 g/mol. The number of hydrogen-bond donors (Lipinski definition) is 2. The zero-order valence-electron chi connectivity index (χ0n) is 27.2. The summed E-state index contributed by atoms with van der Waals surface area (Å²) in [6.45, 7) is 0. The number of para-hydroxylation sites is 1. The van der Waals surface area contributed by atoms with Crippen LogP contribution in [0, 0.1) is 10.8 Å². The van der Waals surface area contributed by atoms with Crippen molar-refractivity contribution in [1.82, 2.24) is 0 Å². The van der Waals surface area contributed by atoms with Gasteiger partial charge in [-0.15, -0.1) is 0 Å². The Morgan fingerprint density at radius 1 is 0.400 bits per heavy atom. The molecule has 0 atom stereocenters. The second-order valence-corrected chi connectivity index (χ2v) is 12.8. The Hall–Kier alpha value is -6.58. The Kier molecular flexibility index (Phi) is 6.99. The minimum Gasteiger partial charge on any atom is -0.457 e. The van der Waals surface area contributed by atoms with Crippen molar-refractivity contribution in [2.75, 3.05) is 0 Å². The molecule has 1 heterocycles. The lowest BCUT2D eigenvalue weighted by molar-refractivity contribution is 0.436. The lowest BCUT2D eigenvalue weighted by atomic mass is 9.66. The quantitative estimate of drug-likeness (QED) is 0.175. The molecule has 236 valence electrons. The van der Waals surface area contributed by atoms with Crippen LogP contribution in [0.25, 0.3) is 33.4 Å². The third kappa shape index (κ3) is 4.67. The number of rotatable bonds is 6. The molecular formula is C47H32N2O. The lowest BCUT2D eigenvalue weighted by Crippen LogP contribution is -2.32. The topological polar surface area (TPSA) is 56.9 Å². The molecule has 9 rings (SSSR count). The van der Waals surface area contributed by atoms with E-state index in [0.29, 0.717) is 11.4 Å². The van der Waals surface area contributed by atoms with Crippen LogP contribution in [0.5, 0.6) is 11.5 Å². The highest BCUT2D eigenvalue weighted by molar-refractivity contribution is 6.13. The molecule has 1 aliphatic heterocycles. The Bertz CT molecular complexity index is 2450. The zero-order chi connectivity index (χ0) is 33.7. The highest BCUT2D eigenvalue weighted by atomic mass is 16.5. The summed E-state index contributed by atoms with van der Waals surface area (Å²) in [5.74, 6) is 1.75. The van der Waals surface area contributed by atoms with E-state index >= 15 is 0 Å². The average Bonchev–Trinajstić information content (AvgIpc) is 3.48. The summed E-state index contributed by atoms with van der Waals surface area (Å²) in [6, 6.07) is 59.0. The number of fused-ring (bicyclic) bond motifs is 9. The third-order valence-corrected chi connectivity index (χ3v) is 10.1. The standard InChI is InChI=1S/C47H32N2O/c48-43(32-11-2-1-3-12-32)27-28-44(49)33-23-21-31(22-24-33)34-13-10-14-35(29-34)36-25-26-42-46(30-36)50-45-20-9-8-19-41(45)47(42)39-17-6-4-15-37(39)38-16-5-7-18-40(38)47/h1-30,48-49H/b28-27-,48-43?,49-44?. The molecule has 0 aromatic heterocycles. The van der Waals surface area contributed by atoms with Gasteiger partial charge in [-0.05, 0) is 86.0 Å². The molecule has 2 N–H and O–H groups in total. The first kappa shape index (κ1) is 29.6. The summed E-state index contributed by atoms with van der Waals surface area (Å²) >= 11 is 0. The molecule has 0 radical (unpaired) electrons. The van der Waals surface area contributed by atoms with Gasteiger partial charge in [0.1, 0.15) is 11.5 Å². The normalized spacial score (nSPS) is 13.2. The van der Waals surface area contributed by atoms with Crippen LogP contribution in [0.1, 0.15) is 33.4 Å². The van der Waals surface area contributed by atoms with Gasteiger partial charge >= 0.3 is 0 Å². The third-order valence-electron chi connectivity index (χ3n) is 10.1. The second kappa shape index (κ2) is 11.8. The van der Waals surface area contributed by atoms with Crippen LogP contribution in [-0.2, 0) is 5.41 Å². The fourth-order valence-corrected chi connectivity index (χ4v) is 7.74. The number of hydrogen-bond acceptors (Lipinski definition) is 3. The van der Waals surface area contributed by atoms with Gasteiger partial charge in [-0.25, -0.2) is 0 Å². The first-order valence-electron chi connectivity index (χ1n) is 16.8. The molecule has 1 spiro atoms. The molecular weight excluding hydrogens is 609 g/mol. The van der Waals surface area contributed by atoms with Gasteiger partial charge in [-0.2, -0.15) is 0 Å². The summed E-state index contributed by atoms with van der Waals surface area (Å²) < 4.78 is 6.73. The van der Waals surface area contributed by atoms with Gasteiger partial charge in [0.2, 0.25) is 0 Å². The number of allylic oxidation sites excluding steroid dienone is 2. The van der Waals surface area contributed by atoms with Gasteiger partial charge < -0.3 is 15.6 Å². The van der Waals surface area contributed by atoms with Gasteiger partial charge in [0.05, 0.1) is 16.8 Å². The Morgan fingerprint density at radius 3 is 1.58 bits per heavy atom. The van der Waals surface area contributed by atoms with E-state index < -0.39 is 5.41 Å². The van der Waals surface area contributed by atoms with Crippen molar-refractivity contribution < 1.29 is 4.74 Å². The van der Waals surface area contributed by atoms with Crippen LogP contribution in [0.3, 0.4) is 0 Å². The van der Waals surface area contributed by atoms with Crippen LogP contribution in [0.2, 0.25) is 0 Å². The summed E-state index contributed by atoms with van der Waals surface area (Å²) in [6.07, 6.45) is 3.37. The van der Waals surface area contributed by atoms with Gasteiger partial charge in [0.15, 0.2) is 0 Å². The predicted octanol–water partition coefficient (Wildman–Crippen LogP) is 11.5. The van der Waals surface area contributed by atoms with Gasteiger partial charge in [-0.3, -0.25) is 0 Å². The number of nitrogens with one attached hydrogen (secondary N) is 2. The summed E-state index contributed by atoms with van der Waals surface area (Å²) in [4.78, 5) is 0. The highest BCUT2D eigenvalue weighted by Crippen LogP contribution is 2.62. The Morgan fingerprint density at radius 2 is 0.900 bits per heavy atom.